The second kappa shape index (κ2) is 4.09. The highest BCUT2D eigenvalue weighted by Crippen LogP contribution is 2.19. The second-order valence-electron chi connectivity index (χ2n) is 2.24. The Labute approximate surface area is 72.4 Å². The van der Waals surface area contributed by atoms with Gasteiger partial charge in [-0.1, -0.05) is 6.92 Å². The van der Waals surface area contributed by atoms with Crippen molar-refractivity contribution in [3.8, 4) is 5.75 Å². The molecule has 0 fully saturated rings. The number of anilines is 1. The van der Waals surface area contributed by atoms with E-state index in [0.717, 1.165) is 12.0 Å². The van der Waals surface area contributed by atoms with Crippen LogP contribution in [0, 0.1) is 0 Å². The summed E-state index contributed by atoms with van der Waals surface area (Å²) in [6, 6.07) is 5.10. The molecule has 1 aromatic rings. The zero-order chi connectivity index (χ0) is 7.56. The summed E-state index contributed by atoms with van der Waals surface area (Å²) >= 11 is 0. The van der Waals surface area contributed by atoms with Crippen molar-refractivity contribution < 1.29 is 5.11 Å². The molecular formula is C8H12ClNO. The molecule has 0 heterocycles. The lowest BCUT2D eigenvalue weighted by Gasteiger charge is -2.00. The monoisotopic (exact) mass is 173 g/mol. The molecule has 3 heteroatoms. The number of rotatable bonds is 1. The number of aromatic hydroxyl groups is 1. The number of aryl methyl sites for hydroxylation is 1. The van der Waals surface area contributed by atoms with E-state index >= 15 is 0 Å². The van der Waals surface area contributed by atoms with Crippen molar-refractivity contribution in [2.45, 2.75) is 13.3 Å². The highest BCUT2D eigenvalue weighted by atomic mass is 35.5. The standard InChI is InChI=1S/C8H11NO.ClH/c1-2-6-5-7(9)3-4-8(6)10;/h3-5,10H,2,9H2,1H3;1H. The molecule has 1 aromatic carbocycles. The van der Waals surface area contributed by atoms with Crippen LogP contribution in [0.3, 0.4) is 0 Å². The Bertz CT molecular complexity index is 238. The van der Waals surface area contributed by atoms with Crippen LogP contribution in [0.4, 0.5) is 5.69 Å². The molecule has 3 N–H and O–H groups in total. The van der Waals surface area contributed by atoms with Crippen molar-refractivity contribution in [1.29, 1.82) is 0 Å². The first-order valence-corrected chi connectivity index (χ1v) is 3.31. The molecule has 0 radical (unpaired) electrons. The fourth-order valence-corrected chi connectivity index (χ4v) is 0.889. The molecule has 1 rings (SSSR count). The lowest BCUT2D eigenvalue weighted by molar-refractivity contribution is 0.469. The van der Waals surface area contributed by atoms with Crippen LogP contribution in [0.15, 0.2) is 18.2 Å². The lowest BCUT2D eigenvalue weighted by atomic mass is 10.1. The van der Waals surface area contributed by atoms with Gasteiger partial charge in [0.25, 0.3) is 0 Å². The van der Waals surface area contributed by atoms with E-state index in [1.54, 1.807) is 18.2 Å². The Morgan fingerprint density at radius 2 is 2.09 bits per heavy atom. The molecule has 0 bridgehead atoms. The molecule has 0 aliphatic rings. The van der Waals surface area contributed by atoms with Crippen molar-refractivity contribution in [2.24, 2.45) is 0 Å². The van der Waals surface area contributed by atoms with Gasteiger partial charge in [0, 0.05) is 5.69 Å². The molecule has 11 heavy (non-hydrogen) atoms. The minimum Gasteiger partial charge on any atom is -0.508 e. The third-order valence-electron chi connectivity index (χ3n) is 1.48. The van der Waals surface area contributed by atoms with E-state index in [2.05, 4.69) is 0 Å². The number of halogens is 1. The molecule has 0 atom stereocenters. The van der Waals surface area contributed by atoms with Gasteiger partial charge in [-0.15, -0.1) is 12.4 Å². The van der Waals surface area contributed by atoms with Crippen LogP contribution in [0.2, 0.25) is 0 Å². The highest BCUT2D eigenvalue weighted by molar-refractivity contribution is 5.85. The Morgan fingerprint density at radius 3 is 2.55 bits per heavy atom. The molecular weight excluding hydrogens is 162 g/mol. The molecule has 0 amide bonds. The Morgan fingerprint density at radius 1 is 1.45 bits per heavy atom. The molecule has 0 spiro atoms. The van der Waals surface area contributed by atoms with Crippen molar-refractivity contribution in [3.63, 3.8) is 0 Å². The van der Waals surface area contributed by atoms with Crippen LogP contribution in [-0.4, -0.2) is 5.11 Å². The van der Waals surface area contributed by atoms with E-state index in [0.29, 0.717) is 11.4 Å². The highest BCUT2D eigenvalue weighted by Gasteiger charge is 1.96. The molecule has 0 unspecified atom stereocenters. The van der Waals surface area contributed by atoms with Crippen molar-refractivity contribution in [2.75, 3.05) is 5.73 Å². The smallest absolute Gasteiger partial charge is 0.118 e. The summed E-state index contributed by atoms with van der Waals surface area (Å²) in [6.45, 7) is 1.98. The molecule has 62 valence electrons. The van der Waals surface area contributed by atoms with Crippen molar-refractivity contribution >= 4 is 18.1 Å². The van der Waals surface area contributed by atoms with E-state index in [9.17, 15) is 5.11 Å². The zero-order valence-corrected chi connectivity index (χ0v) is 7.19. The van der Waals surface area contributed by atoms with E-state index in [4.69, 9.17) is 5.73 Å². The van der Waals surface area contributed by atoms with E-state index in [1.165, 1.54) is 0 Å². The summed E-state index contributed by atoms with van der Waals surface area (Å²) < 4.78 is 0. The van der Waals surface area contributed by atoms with E-state index < -0.39 is 0 Å². The fourth-order valence-electron chi connectivity index (χ4n) is 0.889. The number of nitrogens with two attached hydrogens (primary N) is 1. The number of benzene rings is 1. The van der Waals surface area contributed by atoms with Gasteiger partial charge in [-0.3, -0.25) is 0 Å². The van der Waals surface area contributed by atoms with Crippen LogP contribution in [0.1, 0.15) is 12.5 Å². The first-order valence-electron chi connectivity index (χ1n) is 3.31. The lowest BCUT2D eigenvalue weighted by Crippen LogP contribution is -1.87. The van der Waals surface area contributed by atoms with Crippen molar-refractivity contribution in [3.05, 3.63) is 23.8 Å². The first kappa shape index (κ1) is 10.1. The normalized spacial score (nSPS) is 8.82. The maximum Gasteiger partial charge on any atom is 0.118 e. The van der Waals surface area contributed by atoms with Crippen LogP contribution >= 0.6 is 12.4 Å². The Kier molecular flexibility index (Phi) is 3.76. The topological polar surface area (TPSA) is 46.2 Å². The fraction of sp³-hybridized carbons (Fsp3) is 0.250. The summed E-state index contributed by atoms with van der Waals surface area (Å²) in [7, 11) is 0. The minimum absolute atomic E-state index is 0. The average molecular weight is 174 g/mol. The van der Waals surface area contributed by atoms with E-state index in [-0.39, 0.29) is 12.4 Å². The Hall–Kier alpha value is -0.890. The van der Waals surface area contributed by atoms with Crippen LogP contribution in [-0.2, 0) is 6.42 Å². The number of phenols is 1. The summed E-state index contributed by atoms with van der Waals surface area (Å²) in [4.78, 5) is 0. The van der Waals surface area contributed by atoms with Gasteiger partial charge in [0.1, 0.15) is 5.75 Å². The van der Waals surface area contributed by atoms with Gasteiger partial charge in [0.15, 0.2) is 0 Å². The van der Waals surface area contributed by atoms with Crippen molar-refractivity contribution in [1.82, 2.24) is 0 Å². The third kappa shape index (κ3) is 2.31. The van der Waals surface area contributed by atoms with Gasteiger partial charge in [-0.05, 0) is 30.2 Å². The largest absolute Gasteiger partial charge is 0.508 e. The van der Waals surface area contributed by atoms with Crippen LogP contribution in [0.25, 0.3) is 0 Å². The predicted molar refractivity (Wildman–Crippen MR) is 49.1 cm³/mol. The van der Waals surface area contributed by atoms with Gasteiger partial charge in [-0.2, -0.15) is 0 Å². The van der Waals surface area contributed by atoms with Gasteiger partial charge in [0.05, 0.1) is 0 Å². The molecule has 0 aliphatic carbocycles. The van der Waals surface area contributed by atoms with Crippen LogP contribution < -0.4 is 5.73 Å². The summed E-state index contributed by atoms with van der Waals surface area (Å²) in [5.41, 5.74) is 7.10. The summed E-state index contributed by atoms with van der Waals surface area (Å²) in [5, 5.41) is 9.18. The third-order valence-corrected chi connectivity index (χ3v) is 1.48. The average Bonchev–Trinajstić information content (AvgIpc) is 1.94. The van der Waals surface area contributed by atoms with Gasteiger partial charge >= 0.3 is 0 Å². The molecule has 0 aliphatic heterocycles. The minimum atomic E-state index is 0. The second-order valence-corrected chi connectivity index (χ2v) is 2.24. The molecule has 0 aromatic heterocycles. The number of hydrogen-bond donors (Lipinski definition) is 2. The Balaban J connectivity index is 0.000001000. The number of phenolic OH excluding ortho intramolecular Hbond substituents is 1. The molecule has 0 saturated carbocycles. The first-order chi connectivity index (χ1) is 4.74. The molecule has 2 nitrogen and oxygen atoms in total. The van der Waals surface area contributed by atoms with E-state index in [1.807, 2.05) is 6.92 Å². The maximum absolute atomic E-state index is 9.18. The quantitative estimate of drug-likeness (QED) is 0.504. The SMILES string of the molecule is CCc1cc(N)ccc1O.Cl. The van der Waals surface area contributed by atoms with Gasteiger partial charge in [0.2, 0.25) is 0 Å². The summed E-state index contributed by atoms with van der Waals surface area (Å²) in [6.07, 6.45) is 0.816. The number of hydrogen-bond acceptors (Lipinski definition) is 2. The summed E-state index contributed by atoms with van der Waals surface area (Å²) in [5.74, 6) is 0.330. The van der Waals surface area contributed by atoms with Gasteiger partial charge in [-0.25, -0.2) is 0 Å². The number of nitrogen functional groups attached to an aromatic ring is 1. The molecule has 0 saturated heterocycles. The van der Waals surface area contributed by atoms with Crippen LogP contribution in [0.5, 0.6) is 5.75 Å². The maximum atomic E-state index is 9.18. The van der Waals surface area contributed by atoms with Gasteiger partial charge < -0.3 is 10.8 Å². The zero-order valence-electron chi connectivity index (χ0n) is 6.37. The predicted octanol–water partition coefficient (Wildman–Crippen LogP) is 1.96.